The van der Waals surface area contributed by atoms with E-state index in [-0.39, 0.29) is 12.5 Å². The summed E-state index contributed by atoms with van der Waals surface area (Å²) in [4.78, 5) is 22.0. The van der Waals surface area contributed by atoms with E-state index in [1.54, 1.807) is 32.4 Å². The molecule has 0 aromatic carbocycles. The van der Waals surface area contributed by atoms with Crippen LogP contribution in [-0.4, -0.2) is 38.2 Å². The Morgan fingerprint density at radius 3 is 2.11 bits per heavy atom. The molecule has 19 heavy (non-hydrogen) atoms. The first-order valence-electron chi connectivity index (χ1n) is 5.76. The molecule has 0 aromatic rings. The third kappa shape index (κ3) is 7.62. The van der Waals surface area contributed by atoms with Crippen molar-refractivity contribution in [3.63, 3.8) is 0 Å². The van der Waals surface area contributed by atoms with E-state index in [1.807, 2.05) is 4.72 Å². The molecule has 1 atom stereocenters. The molecule has 112 valence electrons. The van der Waals surface area contributed by atoms with Crippen molar-refractivity contribution in [2.75, 3.05) is 6.54 Å². The van der Waals surface area contributed by atoms with Gasteiger partial charge >= 0.3 is 22.3 Å². The molecule has 3 N–H and O–H groups in total. The molecule has 0 aliphatic carbocycles. The molecule has 0 rings (SSSR count). The van der Waals surface area contributed by atoms with Gasteiger partial charge in [0.05, 0.1) is 12.0 Å². The first-order valence-corrected chi connectivity index (χ1v) is 7.24. The highest BCUT2D eigenvalue weighted by molar-refractivity contribution is 7.88. The zero-order chi connectivity index (χ0) is 15.2. The van der Waals surface area contributed by atoms with E-state index >= 15 is 0 Å². The monoisotopic (exact) mass is 296 g/mol. The smallest absolute Gasteiger partial charge is 0.422 e. The third-order valence-electron chi connectivity index (χ3n) is 2.18. The van der Waals surface area contributed by atoms with Crippen LogP contribution in [0.3, 0.4) is 0 Å². The minimum atomic E-state index is -4.13. The molecule has 8 nitrogen and oxygen atoms in total. The number of carbonyl (C=O) groups excluding carboxylic acids is 1. The van der Waals surface area contributed by atoms with E-state index in [2.05, 4.69) is 4.74 Å². The van der Waals surface area contributed by atoms with Crippen LogP contribution in [0.4, 0.5) is 4.79 Å². The molecular formula is C10H20N2O6S. The number of carboxylic acid groups (broad SMARTS) is 1. The summed E-state index contributed by atoms with van der Waals surface area (Å²) in [6.45, 7) is 6.15. The Hall–Kier alpha value is -1.35. The first-order chi connectivity index (χ1) is 8.55. The van der Waals surface area contributed by atoms with Crippen LogP contribution in [0.25, 0.3) is 0 Å². The second-order valence-electron chi connectivity index (χ2n) is 4.60. The molecule has 0 bridgehead atoms. The Balaban J connectivity index is 4.45. The molecule has 0 spiro atoms. The van der Waals surface area contributed by atoms with Crippen LogP contribution in [0.1, 0.15) is 27.7 Å². The lowest BCUT2D eigenvalue weighted by Gasteiger charge is -2.17. The predicted octanol–water partition coefficient (Wildman–Crippen LogP) is 0.312. The van der Waals surface area contributed by atoms with Crippen LogP contribution in [-0.2, 0) is 19.7 Å². The predicted molar refractivity (Wildman–Crippen MR) is 67.6 cm³/mol. The second kappa shape index (κ2) is 7.29. The molecule has 9 heteroatoms. The van der Waals surface area contributed by atoms with Crippen LogP contribution >= 0.6 is 0 Å². The fraction of sp³-hybridized carbons (Fsp3) is 0.800. The van der Waals surface area contributed by atoms with Gasteiger partial charge in [-0.15, -0.1) is 0 Å². The Bertz CT molecular complexity index is 418. The van der Waals surface area contributed by atoms with Gasteiger partial charge in [-0.25, -0.2) is 9.52 Å². The Labute approximate surface area is 112 Å². The number of hydrogen-bond donors (Lipinski definition) is 3. The SMILES string of the molecule is CC(C)OC(=O)NS(=O)(=O)NCC(C(=O)O)C(C)C. The van der Waals surface area contributed by atoms with Gasteiger partial charge in [-0.3, -0.25) is 4.79 Å². The molecule has 0 saturated carbocycles. The van der Waals surface area contributed by atoms with Crippen LogP contribution in [0, 0.1) is 11.8 Å². The molecule has 0 saturated heterocycles. The molecule has 0 aliphatic heterocycles. The van der Waals surface area contributed by atoms with Crippen molar-refractivity contribution in [2.45, 2.75) is 33.8 Å². The fourth-order valence-electron chi connectivity index (χ4n) is 1.19. The van der Waals surface area contributed by atoms with Crippen molar-refractivity contribution >= 4 is 22.3 Å². The number of ether oxygens (including phenoxy) is 1. The first kappa shape index (κ1) is 17.6. The standard InChI is InChI=1S/C10H20N2O6S/c1-6(2)8(9(13)14)5-11-19(16,17)12-10(15)18-7(3)4/h6-8,11H,5H2,1-4H3,(H,12,15)(H,13,14). The molecule has 0 aromatic heterocycles. The second-order valence-corrected chi connectivity index (χ2v) is 6.10. The van der Waals surface area contributed by atoms with Crippen LogP contribution < -0.4 is 9.44 Å². The van der Waals surface area contributed by atoms with E-state index in [0.29, 0.717) is 0 Å². The average Bonchev–Trinajstić information content (AvgIpc) is 2.12. The van der Waals surface area contributed by atoms with Gasteiger partial charge < -0.3 is 9.84 Å². The van der Waals surface area contributed by atoms with Crippen molar-refractivity contribution in [1.82, 2.24) is 9.44 Å². The highest BCUT2D eigenvalue weighted by Gasteiger charge is 2.24. The van der Waals surface area contributed by atoms with Crippen molar-refractivity contribution in [2.24, 2.45) is 11.8 Å². The van der Waals surface area contributed by atoms with E-state index in [0.717, 1.165) is 0 Å². The molecule has 0 heterocycles. The topological polar surface area (TPSA) is 122 Å². The van der Waals surface area contributed by atoms with Crippen molar-refractivity contribution in [3.05, 3.63) is 0 Å². The minimum absolute atomic E-state index is 0.247. The fourth-order valence-corrected chi connectivity index (χ4v) is 1.93. The van der Waals surface area contributed by atoms with Gasteiger partial charge in [-0.2, -0.15) is 13.1 Å². The molecule has 0 fully saturated rings. The molecule has 0 aliphatic rings. The molecule has 1 amide bonds. The largest absolute Gasteiger partial charge is 0.481 e. The van der Waals surface area contributed by atoms with Gasteiger partial charge in [0.1, 0.15) is 0 Å². The molecule has 1 unspecified atom stereocenters. The highest BCUT2D eigenvalue weighted by atomic mass is 32.2. The summed E-state index contributed by atoms with van der Waals surface area (Å²) in [6.07, 6.45) is -1.57. The van der Waals surface area contributed by atoms with Crippen molar-refractivity contribution in [1.29, 1.82) is 0 Å². The minimum Gasteiger partial charge on any atom is -0.481 e. The lowest BCUT2D eigenvalue weighted by molar-refractivity contribution is -0.142. The zero-order valence-electron chi connectivity index (χ0n) is 11.3. The average molecular weight is 296 g/mol. The van der Waals surface area contributed by atoms with Crippen LogP contribution in [0.5, 0.6) is 0 Å². The Morgan fingerprint density at radius 1 is 1.21 bits per heavy atom. The van der Waals surface area contributed by atoms with Gasteiger partial charge in [-0.1, -0.05) is 13.8 Å². The number of carbonyl (C=O) groups is 2. The Morgan fingerprint density at radius 2 is 1.74 bits per heavy atom. The van der Waals surface area contributed by atoms with E-state index in [9.17, 15) is 18.0 Å². The van der Waals surface area contributed by atoms with E-state index < -0.39 is 34.3 Å². The summed E-state index contributed by atoms with van der Waals surface area (Å²) in [7, 11) is -4.13. The van der Waals surface area contributed by atoms with Gasteiger partial charge in [0.2, 0.25) is 0 Å². The maximum atomic E-state index is 11.5. The van der Waals surface area contributed by atoms with Crippen molar-refractivity contribution in [3.8, 4) is 0 Å². The van der Waals surface area contributed by atoms with Gasteiger partial charge in [0, 0.05) is 6.54 Å². The van der Waals surface area contributed by atoms with E-state index in [4.69, 9.17) is 5.11 Å². The summed E-state index contributed by atoms with van der Waals surface area (Å²) in [6, 6.07) is 0. The highest BCUT2D eigenvalue weighted by Crippen LogP contribution is 2.09. The maximum Gasteiger partial charge on any atom is 0.422 e. The van der Waals surface area contributed by atoms with Crippen LogP contribution in [0.15, 0.2) is 0 Å². The summed E-state index contributed by atoms with van der Waals surface area (Å²) >= 11 is 0. The summed E-state index contributed by atoms with van der Waals surface area (Å²) in [5, 5.41) is 8.89. The summed E-state index contributed by atoms with van der Waals surface area (Å²) in [5.41, 5.74) is 0. The summed E-state index contributed by atoms with van der Waals surface area (Å²) in [5.74, 6) is -2.23. The van der Waals surface area contributed by atoms with Gasteiger partial charge in [-0.05, 0) is 19.8 Å². The number of nitrogens with one attached hydrogen (secondary N) is 2. The third-order valence-corrected chi connectivity index (χ3v) is 3.16. The lowest BCUT2D eigenvalue weighted by Crippen LogP contribution is -2.44. The number of amides is 1. The lowest BCUT2D eigenvalue weighted by atomic mass is 9.97. The molecule has 0 radical (unpaired) electrons. The number of rotatable bonds is 7. The van der Waals surface area contributed by atoms with Gasteiger partial charge in [0.25, 0.3) is 0 Å². The van der Waals surface area contributed by atoms with Crippen LogP contribution in [0.2, 0.25) is 0 Å². The van der Waals surface area contributed by atoms with Crippen molar-refractivity contribution < 1.29 is 27.9 Å². The Kier molecular flexibility index (Phi) is 6.77. The summed E-state index contributed by atoms with van der Waals surface area (Å²) < 4.78 is 31.1. The zero-order valence-corrected chi connectivity index (χ0v) is 12.2. The molecular weight excluding hydrogens is 276 g/mol. The number of carboxylic acids is 1. The maximum absolute atomic E-state index is 11.5. The normalized spacial score (nSPS) is 13.4. The van der Waals surface area contributed by atoms with E-state index in [1.165, 1.54) is 0 Å². The quantitative estimate of drug-likeness (QED) is 0.621. The number of aliphatic carboxylic acids is 1. The van der Waals surface area contributed by atoms with Gasteiger partial charge in [0.15, 0.2) is 0 Å². The number of hydrogen-bond acceptors (Lipinski definition) is 5.